The maximum absolute atomic E-state index is 11.3. The van der Waals surface area contributed by atoms with E-state index in [9.17, 15) is 4.79 Å². The lowest BCUT2D eigenvalue weighted by molar-refractivity contribution is 0.0992. The first-order chi connectivity index (χ1) is 5.83. The third-order valence-corrected chi connectivity index (χ3v) is 2.08. The molecule has 12 heavy (non-hydrogen) atoms. The molecule has 3 heteroatoms. The number of carbonyl (C=O) groups is 1. The summed E-state index contributed by atoms with van der Waals surface area (Å²) in [6, 6.07) is 1.72. The molecule has 62 valence electrons. The summed E-state index contributed by atoms with van der Waals surface area (Å²) in [6.07, 6.45) is 3.00. The molecule has 3 nitrogen and oxygen atoms in total. The molecule has 1 heterocycles. The van der Waals surface area contributed by atoms with Crippen LogP contribution in [0.3, 0.4) is 0 Å². The van der Waals surface area contributed by atoms with Crippen molar-refractivity contribution in [3.05, 3.63) is 23.5 Å². The first-order valence-corrected chi connectivity index (χ1v) is 3.88. The summed E-state index contributed by atoms with van der Waals surface area (Å²) < 4.78 is 5.07. The van der Waals surface area contributed by atoms with E-state index in [-0.39, 0.29) is 5.78 Å². The Hall–Kier alpha value is -1.38. The first kappa shape index (κ1) is 7.28. The van der Waals surface area contributed by atoms with Gasteiger partial charge in [-0.25, -0.2) is 0 Å². The van der Waals surface area contributed by atoms with Crippen LogP contribution in [0.25, 0.3) is 0 Å². The number of ketones is 1. The molecule has 0 fully saturated rings. The lowest BCUT2D eigenvalue weighted by Gasteiger charge is -2.03. The standard InChI is InChI=1S/C9H9NO2/c1-12-8-4-5-10-6-2-3-7(11)9(6)8/h4-5H,2-3H2,1H3. The van der Waals surface area contributed by atoms with Gasteiger partial charge in [-0.05, 0) is 12.5 Å². The second-order valence-corrected chi connectivity index (χ2v) is 2.76. The molecule has 0 radical (unpaired) electrons. The number of hydrogen-bond donors (Lipinski definition) is 0. The van der Waals surface area contributed by atoms with Crippen LogP contribution >= 0.6 is 0 Å². The second kappa shape index (κ2) is 2.59. The van der Waals surface area contributed by atoms with Gasteiger partial charge < -0.3 is 4.74 Å². The molecule has 1 aromatic heterocycles. The largest absolute Gasteiger partial charge is 0.496 e. The fourth-order valence-corrected chi connectivity index (χ4v) is 1.50. The molecule has 0 bridgehead atoms. The lowest BCUT2D eigenvalue weighted by atomic mass is 10.2. The Balaban J connectivity index is 2.60. The van der Waals surface area contributed by atoms with E-state index < -0.39 is 0 Å². The Kier molecular flexibility index (Phi) is 1.57. The maximum atomic E-state index is 11.3. The molecule has 1 aromatic rings. The summed E-state index contributed by atoms with van der Waals surface area (Å²) in [6.45, 7) is 0. The van der Waals surface area contributed by atoms with Crippen molar-refractivity contribution in [3.8, 4) is 5.75 Å². The van der Waals surface area contributed by atoms with Crippen molar-refractivity contribution < 1.29 is 9.53 Å². The van der Waals surface area contributed by atoms with Gasteiger partial charge in [-0.2, -0.15) is 0 Å². The predicted octanol–water partition coefficient (Wildman–Crippen LogP) is 1.22. The number of hydrogen-bond acceptors (Lipinski definition) is 3. The van der Waals surface area contributed by atoms with Crippen LogP contribution in [0.4, 0.5) is 0 Å². The molecule has 0 saturated heterocycles. The van der Waals surface area contributed by atoms with Crippen LogP contribution in [-0.4, -0.2) is 17.9 Å². The number of carbonyl (C=O) groups excluding carboxylic acids is 1. The number of fused-ring (bicyclic) bond motifs is 1. The smallest absolute Gasteiger partial charge is 0.168 e. The van der Waals surface area contributed by atoms with Crippen LogP contribution in [0, 0.1) is 0 Å². The third-order valence-electron chi connectivity index (χ3n) is 2.08. The Morgan fingerprint density at radius 3 is 3.08 bits per heavy atom. The van der Waals surface area contributed by atoms with Gasteiger partial charge in [0.25, 0.3) is 0 Å². The SMILES string of the molecule is COc1ccnc2c1C(=O)CC2. The van der Waals surface area contributed by atoms with Crippen molar-refractivity contribution in [2.24, 2.45) is 0 Å². The number of methoxy groups -OCH3 is 1. The average Bonchev–Trinajstić information content (AvgIpc) is 2.48. The third kappa shape index (κ3) is 0.897. The monoisotopic (exact) mass is 163 g/mol. The van der Waals surface area contributed by atoms with Gasteiger partial charge in [0.15, 0.2) is 5.78 Å². The van der Waals surface area contributed by atoms with Gasteiger partial charge in [0, 0.05) is 12.6 Å². The Morgan fingerprint density at radius 2 is 2.33 bits per heavy atom. The van der Waals surface area contributed by atoms with E-state index in [0.29, 0.717) is 17.7 Å². The first-order valence-electron chi connectivity index (χ1n) is 3.88. The summed E-state index contributed by atoms with van der Waals surface area (Å²) in [5, 5.41) is 0. The maximum Gasteiger partial charge on any atom is 0.168 e. The zero-order valence-electron chi connectivity index (χ0n) is 6.83. The molecule has 1 aliphatic carbocycles. The minimum absolute atomic E-state index is 0.148. The van der Waals surface area contributed by atoms with Gasteiger partial charge in [-0.15, -0.1) is 0 Å². The van der Waals surface area contributed by atoms with E-state index in [0.717, 1.165) is 12.1 Å². The number of Topliss-reactive ketones (excluding diaryl/α,β-unsaturated/α-hetero) is 1. The van der Waals surface area contributed by atoms with Crippen molar-refractivity contribution in [2.45, 2.75) is 12.8 Å². The van der Waals surface area contributed by atoms with Gasteiger partial charge in [0.05, 0.1) is 18.4 Å². The molecule has 0 amide bonds. The van der Waals surface area contributed by atoms with Crippen LogP contribution < -0.4 is 4.74 Å². The van der Waals surface area contributed by atoms with E-state index in [1.165, 1.54) is 0 Å². The molecular formula is C9H9NO2. The molecule has 0 unspecified atom stereocenters. The minimum atomic E-state index is 0.148. The molecule has 2 rings (SSSR count). The zero-order valence-corrected chi connectivity index (χ0v) is 6.83. The highest BCUT2D eigenvalue weighted by molar-refractivity contribution is 6.02. The zero-order chi connectivity index (χ0) is 8.55. The van der Waals surface area contributed by atoms with Crippen molar-refractivity contribution in [3.63, 3.8) is 0 Å². The van der Waals surface area contributed by atoms with Crippen LogP contribution in [0.1, 0.15) is 22.5 Å². The lowest BCUT2D eigenvalue weighted by Crippen LogP contribution is -1.97. The van der Waals surface area contributed by atoms with Crippen LogP contribution in [0.2, 0.25) is 0 Å². The molecule has 0 aliphatic heterocycles. The Morgan fingerprint density at radius 1 is 1.50 bits per heavy atom. The van der Waals surface area contributed by atoms with E-state index in [1.807, 2.05) is 0 Å². The number of rotatable bonds is 1. The van der Waals surface area contributed by atoms with Crippen molar-refractivity contribution in [2.75, 3.05) is 7.11 Å². The number of aryl methyl sites for hydroxylation is 1. The van der Waals surface area contributed by atoms with Crippen molar-refractivity contribution >= 4 is 5.78 Å². The fourth-order valence-electron chi connectivity index (χ4n) is 1.50. The summed E-state index contributed by atoms with van der Waals surface area (Å²) in [5.41, 5.74) is 1.55. The fraction of sp³-hybridized carbons (Fsp3) is 0.333. The van der Waals surface area contributed by atoms with Gasteiger partial charge in [-0.1, -0.05) is 0 Å². The van der Waals surface area contributed by atoms with E-state index >= 15 is 0 Å². The molecule has 0 spiro atoms. The van der Waals surface area contributed by atoms with E-state index in [1.54, 1.807) is 19.4 Å². The van der Waals surface area contributed by atoms with E-state index in [4.69, 9.17) is 4.74 Å². The topological polar surface area (TPSA) is 39.2 Å². The van der Waals surface area contributed by atoms with Crippen LogP contribution in [0.5, 0.6) is 5.75 Å². The highest BCUT2D eigenvalue weighted by Crippen LogP contribution is 2.28. The molecule has 0 N–H and O–H groups in total. The number of nitrogens with zero attached hydrogens (tertiary/aromatic N) is 1. The number of pyridine rings is 1. The average molecular weight is 163 g/mol. The number of ether oxygens (including phenoxy) is 1. The Bertz CT molecular complexity index is 333. The normalized spacial score (nSPS) is 14.6. The predicted molar refractivity (Wildman–Crippen MR) is 43.4 cm³/mol. The Labute approximate surface area is 70.4 Å². The van der Waals surface area contributed by atoms with Crippen molar-refractivity contribution in [1.82, 2.24) is 4.98 Å². The van der Waals surface area contributed by atoms with Crippen molar-refractivity contribution in [1.29, 1.82) is 0 Å². The van der Waals surface area contributed by atoms with Gasteiger partial charge in [-0.3, -0.25) is 9.78 Å². The molecule has 0 aromatic carbocycles. The summed E-state index contributed by atoms with van der Waals surface area (Å²) in [5.74, 6) is 0.803. The second-order valence-electron chi connectivity index (χ2n) is 2.76. The van der Waals surface area contributed by atoms with Gasteiger partial charge in [0.1, 0.15) is 5.75 Å². The molecule has 1 aliphatic rings. The highest BCUT2D eigenvalue weighted by Gasteiger charge is 2.24. The van der Waals surface area contributed by atoms with Crippen LogP contribution in [-0.2, 0) is 6.42 Å². The van der Waals surface area contributed by atoms with Gasteiger partial charge in [0.2, 0.25) is 0 Å². The van der Waals surface area contributed by atoms with Gasteiger partial charge >= 0.3 is 0 Å². The summed E-state index contributed by atoms with van der Waals surface area (Å²) >= 11 is 0. The minimum Gasteiger partial charge on any atom is -0.496 e. The van der Waals surface area contributed by atoms with E-state index in [2.05, 4.69) is 4.98 Å². The summed E-state index contributed by atoms with van der Waals surface area (Å²) in [4.78, 5) is 15.4. The molecule has 0 saturated carbocycles. The molecular weight excluding hydrogens is 154 g/mol. The summed E-state index contributed by atoms with van der Waals surface area (Å²) in [7, 11) is 1.57. The highest BCUT2D eigenvalue weighted by atomic mass is 16.5. The number of aromatic nitrogens is 1. The molecule has 0 atom stereocenters. The van der Waals surface area contributed by atoms with Crippen LogP contribution in [0.15, 0.2) is 12.3 Å². The quantitative estimate of drug-likeness (QED) is 0.624.